The van der Waals surface area contributed by atoms with Crippen molar-refractivity contribution in [3.05, 3.63) is 36.6 Å². The van der Waals surface area contributed by atoms with Gasteiger partial charge in [0, 0.05) is 12.7 Å². The number of hydrogen-bond acceptors (Lipinski definition) is 4. The summed E-state index contributed by atoms with van der Waals surface area (Å²) in [4.78, 5) is 0. The molecule has 0 N–H and O–H groups in total. The second-order valence-corrected chi connectivity index (χ2v) is 2.94. The first-order valence-electron chi connectivity index (χ1n) is 4.53. The molecule has 78 valence electrons. The molecular formula is C11H11NO3. The normalized spacial score (nSPS) is 10.2. The third-order valence-electron chi connectivity index (χ3n) is 1.92. The molecule has 15 heavy (non-hydrogen) atoms. The number of hydrogen-bond donors (Lipinski definition) is 0. The van der Waals surface area contributed by atoms with Gasteiger partial charge in [-0.05, 0) is 0 Å². The van der Waals surface area contributed by atoms with Crippen molar-refractivity contribution < 1.29 is 14.0 Å². The first kappa shape index (κ1) is 9.73. The third-order valence-corrected chi connectivity index (χ3v) is 1.92. The molecular weight excluding hydrogens is 194 g/mol. The van der Waals surface area contributed by atoms with Crippen molar-refractivity contribution in [3.8, 4) is 17.0 Å². The summed E-state index contributed by atoms with van der Waals surface area (Å²) in [5.74, 6) is 0.586. The van der Waals surface area contributed by atoms with Crippen LogP contribution in [0.3, 0.4) is 0 Å². The van der Waals surface area contributed by atoms with Gasteiger partial charge in [-0.1, -0.05) is 35.5 Å². The molecule has 0 aliphatic heterocycles. The fraction of sp³-hybridized carbons (Fsp3) is 0.182. The summed E-state index contributed by atoms with van der Waals surface area (Å²) in [6.45, 7) is 0.182. The minimum Gasteiger partial charge on any atom is -0.462 e. The molecule has 0 saturated carbocycles. The fourth-order valence-corrected chi connectivity index (χ4v) is 1.24. The molecule has 0 saturated heterocycles. The molecule has 1 aromatic heterocycles. The molecule has 0 amide bonds. The number of nitrogens with zero attached hydrogens (tertiary/aromatic N) is 1. The molecule has 0 aliphatic carbocycles. The van der Waals surface area contributed by atoms with E-state index in [1.165, 1.54) is 6.26 Å². The molecule has 2 aromatic rings. The van der Waals surface area contributed by atoms with Crippen molar-refractivity contribution in [2.75, 3.05) is 13.9 Å². The smallest absolute Gasteiger partial charge is 0.189 e. The van der Waals surface area contributed by atoms with E-state index in [-0.39, 0.29) is 6.79 Å². The molecule has 1 aromatic carbocycles. The Labute approximate surface area is 87.4 Å². The Hall–Kier alpha value is -1.81. The van der Waals surface area contributed by atoms with Gasteiger partial charge in [0.25, 0.3) is 0 Å². The largest absolute Gasteiger partial charge is 0.462 e. The summed E-state index contributed by atoms with van der Waals surface area (Å²) in [6.07, 6.45) is 1.46. The van der Waals surface area contributed by atoms with Gasteiger partial charge in [-0.15, -0.1) is 0 Å². The van der Waals surface area contributed by atoms with E-state index in [1.807, 2.05) is 30.3 Å². The maximum Gasteiger partial charge on any atom is 0.189 e. The minimum atomic E-state index is 0.182. The summed E-state index contributed by atoms with van der Waals surface area (Å²) in [5, 5.41) is 3.88. The Morgan fingerprint density at radius 2 is 2.07 bits per heavy atom. The highest BCUT2D eigenvalue weighted by molar-refractivity contribution is 5.64. The van der Waals surface area contributed by atoms with Crippen LogP contribution >= 0.6 is 0 Å². The predicted molar refractivity (Wildman–Crippen MR) is 54.4 cm³/mol. The SMILES string of the molecule is COCOc1conc1-c1ccccc1. The average Bonchev–Trinajstić information content (AvgIpc) is 2.75. The highest BCUT2D eigenvalue weighted by Crippen LogP contribution is 2.27. The summed E-state index contributed by atoms with van der Waals surface area (Å²) >= 11 is 0. The van der Waals surface area contributed by atoms with Crippen LogP contribution in [0.2, 0.25) is 0 Å². The van der Waals surface area contributed by atoms with Crippen LogP contribution in [0.5, 0.6) is 5.75 Å². The van der Waals surface area contributed by atoms with E-state index in [9.17, 15) is 0 Å². The Kier molecular flexibility index (Phi) is 2.99. The second kappa shape index (κ2) is 4.61. The second-order valence-electron chi connectivity index (χ2n) is 2.94. The van der Waals surface area contributed by atoms with E-state index < -0.39 is 0 Å². The Morgan fingerprint density at radius 1 is 1.27 bits per heavy atom. The molecule has 1 heterocycles. The van der Waals surface area contributed by atoms with Crippen LogP contribution in [0.4, 0.5) is 0 Å². The van der Waals surface area contributed by atoms with E-state index in [4.69, 9.17) is 14.0 Å². The van der Waals surface area contributed by atoms with E-state index in [0.29, 0.717) is 11.4 Å². The first-order valence-corrected chi connectivity index (χ1v) is 4.53. The molecule has 4 heteroatoms. The lowest BCUT2D eigenvalue weighted by Gasteiger charge is -2.02. The van der Waals surface area contributed by atoms with Gasteiger partial charge >= 0.3 is 0 Å². The van der Waals surface area contributed by atoms with Crippen LogP contribution in [-0.2, 0) is 4.74 Å². The van der Waals surface area contributed by atoms with Crippen LogP contribution < -0.4 is 4.74 Å². The van der Waals surface area contributed by atoms with Crippen LogP contribution in [0.15, 0.2) is 41.1 Å². The lowest BCUT2D eigenvalue weighted by molar-refractivity contribution is 0.0510. The van der Waals surface area contributed by atoms with Crippen LogP contribution in [0.1, 0.15) is 0 Å². The average molecular weight is 205 g/mol. The van der Waals surface area contributed by atoms with Gasteiger partial charge in [0.1, 0.15) is 0 Å². The molecule has 4 nitrogen and oxygen atoms in total. The molecule has 0 radical (unpaired) electrons. The van der Waals surface area contributed by atoms with Crippen molar-refractivity contribution in [1.82, 2.24) is 5.16 Å². The van der Waals surface area contributed by atoms with Crippen molar-refractivity contribution in [2.24, 2.45) is 0 Å². The lowest BCUT2D eigenvalue weighted by atomic mass is 10.1. The highest BCUT2D eigenvalue weighted by Gasteiger charge is 2.10. The molecule has 0 spiro atoms. The molecule has 2 rings (SSSR count). The van der Waals surface area contributed by atoms with Gasteiger partial charge in [0.15, 0.2) is 24.5 Å². The van der Waals surface area contributed by atoms with Crippen LogP contribution in [-0.4, -0.2) is 19.1 Å². The third kappa shape index (κ3) is 2.16. The summed E-state index contributed by atoms with van der Waals surface area (Å²) in [6, 6.07) is 9.70. The van der Waals surface area contributed by atoms with Crippen LogP contribution in [0, 0.1) is 0 Å². The van der Waals surface area contributed by atoms with E-state index >= 15 is 0 Å². The summed E-state index contributed by atoms with van der Waals surface area (Å²) < 4.78 is 15.0. The Morgan fingerprint density at radius 3 is 2.80 bits per heavy atom. The Bertz CT molecular complexity index is 411. The van der Waals surface area contributed by atoms with E-state index in [0.717, 1.165) is 5.56 Å². The zero-order valence-corrected chi connectivity index (χ0v) is 8.34. The highest BCUT2D eigenvalue weighted by atomic mass is 16.7. The van der Waals surface area contributed by atoms with E-state index in [1.54, 1.807) is 7.11 Å². The van der Waals surface area contributed by atoms with Gasteiger partial charge in [0.2, 0.25) is 0 Å². The number of rotatable bonds is 4. The molecule has 0 bridgehead atoms. The van der Waals surface area contributed by atoms with Crippen LogP contribution in [0.25, 0.3) is 11.3 Å². The van der Waals surface area contributed by atoms with Crippen molar-refractivity contribution in [3.63, 3.8) is 0 Å². The summed E-state index contributed by atoms with van der Waals surface area (Å²) in [5.41, 5.74) is 1.64. The molecule has 0 unspecified atom stereocenters. The molecule has 0 atom stereocenters. The van der Waals surface area contributed by atoms with Crippen molar-refractivity contribution >= 4 is 0 Å². The maximum absolute atomic E-state index is 5.30. The number of benzene rings is 1. The lowest BCUT2D eigenvalue weighted by Crippen LogP contribution is -1.98. The van der Waals surface area contributed by atoms with Gasteiger partial charge in [0.05, 0.1) is 0 Å². The topological polar surface area (TPSA) is 44.5 Å². The van der Waals surface area contributed by atoms with Gasteiger partial charge in [-0.3, -0.25) is 0 Å². The maximum atomic E-state index is 5.30. The number of methoxy groups -OCH3 is 1. The first-order chi connectivity index (χ1) is 7.42. The van der Waals surface area contributed by atoms with Gasteiger partial charge < -0.3 is 14.0 Å². The monoisotopic (exact) mass is 205 g/mol. The quantitative estimate of drug-likeness (QED) is 0.718. The zero-order valence-electron chi connectivity index (χ0n) is 8.34. The van der Waals surface area contributed by atoms with Gasteiger partial charge in [-0.2, -0.15) is 0 Å². The number of aromatic nitrogens is 1. The molecule has 0 fully saturated rings. The minimum absolute atomic E-state index is 0.182. The Balaban J connectivity index is 2.25. The fourth-order valence-electron chi connectivity index (χ4n) is 1.24. The molecule has 0 aliphatic rings. The number of ether oxygens (including phenoxy) is 2. The van der Waals surface area contributed by atoms with E-state index in [2.05, 4.69) is 5.16 Å². The summed E-state index contributed by atoms with van der Waals surface area (Å²) in [7, 11) is 1.57. The van der Waals surface area contributed by atoms with Crippen molar-refractivity contribution in [2.45, 2.75) is 0 Å². The zero-order chi connectivity index (χ0) is 10.5. The van der Waals surface area contributed by atoms with Gasteiger partial charge in [-0.25, -0.2) is 0 Å². The standard InChI is InChI=1S/C11H11NO3/c1-13-8-14-10-7-15-12-11(10)9-5-3-2-4-6-9/h2-7H,8H2,1H3. The predicted octanol–water partition coefficient (Wildman–Crippen LogP) is 2.32. The van der Waals surface area contributed by atoms with Crippen molar-refractivity contribution in [1.29, 1.82) is 0 Å².